The van der Waals surface area contributed by atoms with Crippen molar-refractivity contribution in [1.29, 1.82) is 0 Å². The lowest BCUT2D eigenvalue weighted by molar-refractivity contribution is -0.0447. The van der Waals surface area contributed by atoms with Crippen molar-refractivity contribution in [1.82, 2.24) is 14.7 Å². The van der Waals surface area contributed by atoms with Gasteiger partial charge in [-0.25, -0.2) is 4.68 Å². The smallest absolute Gasteiger partial charge is 0.274 e. The van der Waals surface area contributed by atoms with Crippen LogP contribution in [0.1, 0.15) is 35.3 Å². The Morgan fingerprint density at radius 2 is 2.20 bits per heavy atom. The molecule has 25 heavy (non-hydrogen) atoms. The van der Waals surface area contributed by atoms with Crippen molar-refractivity contribution < 1.29 is 14.3 Å². The highest BCUT2D eigenvalue weighted by Gasteiger charge is 2.39. The number of ether oxygens (including phenoxy) is 2. The van der Waals surface area contributed by atoms with E-state index in [-0.39, 0.29) is 18.1 Å². The third-order valence-electron chi connectivity index (χ3n) is 5.13. The number of hydrogen-bond donors (Lipinski definition) is 0. The summed E-state index contributed by atoms with van der Waals surface area (Å²) in [4.78, 5) is 14.9. The Morgan fingerprint density at radius 3 is 3.04 bits per heavy atom. The minimum Gasteiger partial charge on any atom is -0.494 e. The zero-order valence-electron chi connectivity index (χ0n) is 14.6. The molecule has 6 nitrogen and oxygen atoms in total. The summed E-state index contributed by atoms with van der Waals surface area (Å²) < 4.78 is 12.9. The van der Waals surface area contributed by atoms with Crippen LogP contribution in [-0.4, -0.2) is 53.0 Å². The van der Waals surface area contributed by atoms with Gasteiger partial charge in [-0.2, -0.15) is 5.10 Å². The SMILES string of the molecule is COc1ccc(C)cc1-n1ccc(C(=O)N2CCO[C@@H]3CCC[C@@H]32)n1. The monoisotopic (exact) mass is 341 g/mol. The number of morpholine rings is 1. The first-order valence-corrected chi connectivity index (χ1v) is 8.80. The molecule has 1 aromatic heterocycles. The lowest BCUT2D eigenvalue weighted by Crippen LogP contribution is -2.51. The van der Waals surface area contributed by atoms with Crippen molar-refractivity contribution in [2.75, 3.05) is 20.3 Å². The van der Waals surface area contributed by atoms with Crippen molar-refractivity contribution in [3.63, 3.8) is 0 Å². The first kappa shape index (κ1) is 16.1. The molecule has 1 aromatic carbocycles. The third-order valence-corrected chi connectivity index (χ3v) is 5.13. The van der Waals surface area contributed by atoms with Crippen LogP contribution < -0.4 is 4.74 Å². The van der Waals surface area contributed by atoms with Crippen LogP contribution >= 0.6 is 0 Å². The molecule has 0 radical (unpaired) electrons. The largest absolute Gasteiger partial charge is 0.494 e. The molecule has 0 bridgehead atoms. The van der Waals surface area contributed by atoms with Gasteiger partial charge in [0.25, 0.3) is 5.91 Å². The number of hydrogen-bond acceptors (Lipinski definition) is 4. The van der Waals surface area contributed by atoms with Crippen molar-refractivity contribution in [3.05, 3.63) is 41.7 Å². The Bertz CT molecular complexity index is 786. The number of methoxy groups -OCH3 is 1. The summed E-state index contributed by atoms with van der Waals surface area (Å²) in [5, 5.41) is 4.52. The fourth-order valence-corrected chi connectivity index (χ4v) is 3.88. The molecule has 2 fully saturated rings. The van der Waals surface area contributed by atoms with Gasteiger partial charge in [0.15, 0.2) is 5.69 Å². The quantitative estimate of drug-likeness (QED) is 0.861. The highest BCUT2D eigenvalue weighted by molar-refractivity contribution is 5.92. The number of fused-ring (bicyclic) bond motifs is 1. The summed E-state index contributed by atoms with van der Waals surface area (Å²) in [5.74, 6) is 0.723. The molecule has 4 rings (SSSR count). The highest BCUT2D eigenvalue weighted by atomic mass is 16.5. The zero-order chi connectivity index (χ0) is 17.4. The minimum absolute atomic E-state index is 0.00873. The molecule has 1 saturated heterocycles. The number of carbonyl (C=O) groups is 1. The van der Waals surface area contributed by atoms with E-state index >= 15 is 0 Å². The molecule has 2 heterocycles. The normalized spacial score (nSPS) is 22.7. The Kier molecular flexibility index (Phi) is 4.21. The van der Waals surface area contributed by atoms with Crippen LogP contribution in [0.5, 0.6) is 5.75 Å². The number of aromatic nitrogens is 2. The number of carbonyl (C=O) groups excluding carboxylic acids is 1. The molecule has 6 heteroatoms. The summed E-state index contributed by atoms with van der Waals surface area (Å²) in [6.07, 6.45) is 5.19. The molecule has 1 aliphatic carbocycles. The summed E-state index contributed by atoms with van der Waals surface area (Å²) in [6, 6.07) is 7.88. The van der Waals surface area contributed by atoms with Gasteiger partial charge in [0, 0.05) is 12.7 Å². The molecule has 2 aliphatic rings. The summed E-state index contributed by atoms with van der Waals surface area (Å²) in [7, 11) is 1.64. The van der Waals surface area contributed by atoms with E-state index in [4.69, 9.17) is 9.47 Å². The fraction of sp³-hybridized carbons (Fsp3) is 0.474. The summed E-state index contributed by atoms with van der Waals surface area (Å²) >= 11 is 0. The van der Waals surface area contributed by atoms with Gasteiger partial charge in [-0.3, -0.25) is 4.79 Å². The first-order chi connectivity index (χ1) is 12.2. The average molecular weight is 341 g/mol. The van der Waals surface area contributed by atoms with Crippen molar-refractivity contribution in [3.8, 4) is 11.4 Å². The van der Waals surface area contributed by atoms with E-state index in [9.17, 15) is 4.79 Å². The summed E-state index contributed by atoms with van der Waals surface area (Å²) in [6.45, 7) is 3.27. The summed E-state index contributed by atoms with van der Waals surface area (Å²) in [5.41, 5.74) is 2.42. The van der Waals surface area contributed by atoms with Crippen LogP contribution in [0, 0.1) is 6.92 Å². The van der Waals surface area contributed by atoms with Crippen LogP contribution in [0.25, 0.3) is 5.69 Å². The van der Waals surface area contributed by atoms with Crippen molar-refractivity contribution >= 4 is 5.91 Å². The number of rotatable bonds is 3. The molecule has 0 spiro atoms. The van der Waals surface area contributed by atoms with Gasteiger partial charge >= 0.3 is 0 Å². The van der Waals surface area contributed by atoms with Gasteiger partial charge in [-0.05, 0) is 49.9 Å². The van der Waals surface area contributed by atoms with E-state index in [0.717, 1.165) is 36.3 Å². The van der Waals surface area contributed by atoms with E-state index in [1.54, 1.807) is 17.9 Å². The predicted molar refractivity (Wildman–Crippen MR) is 93.3 cm³/mol. The Labute approximate surface area is 147 Å². The standard InChI is InChI=1S/C19H23N3O3/c1-13-6-7-17(24-2)16(12-13)22-9-8-14(20-22)19(23)21-10-11-25-18-5-3-4-15(18)21/h6-9,12,15,18H,3-5,10-11H2,1-2H3/t15-,18+/m0/s1. The minimum atomic E-state index is -0.00873. The molecular weight excluding hydrogens is 318 g/mol. The van der Waals surface area contributed by atoms with Crippen LogP contribution in [0.4, 0.5) is 0 Å². The Hall–Kier alpha value is -2.34. The lowest BCUT2D eigenvalue weighted by Gasteiger charge is -2.37. The zero-order valence-corrected chi connectivity index (χ0v) is 14.6. The number of aryl methyl sites for hydroxylation is 1. The van der Waals surface area contributed by atoms with Gasteiger partial charge in [0.05, 0.1) is 25.9 Å². The van der Waals surface area contributed by atoms with E-state index in [2.05, 4.69) is 5.10 Å². The third kappa shape index (κ3) is 2.91. The van der Waals surface area contributed by atoms with E-state index < -0.39 is 0 Å². The van der Waals surface area contributed by atoms with Gasteiger partial charge < -0.3 is 14.4 Å². The van der Waals surface area contributed by atoms with Gasteiger partial charge in [0.2, 0.25) is 0 Å². The van der Waals surface area contributed by atoms with Crippen LogP contribution in [0.15, 0.2) is 30.5 Å². The van der Waals surface area contributed by atoms with Crippen LogP contribution in [0.2, 0.25) is 0 Å². The van der Waals surface area contributed by atoms with E-state index in [1.165, 1.54) is 0 Å². The maximum Gasteiger partial charge on any atom is 0.274 e. The first-order valence-electron chi connectivity index (χ1n) is 8.80. The lowest BCUT2D eigenvalue weighted by atomic mass is 10.1. The second kappa shape index (κ2) is 6.52. The van der Waals surface area contributed by atoms with Crippen LogP contribution in [-0.2, 0) is 4.74 Å². The van der Waals surface area contributed by atoms with Crippen molar-refractivity contribution in [2.45, 2.75) is 38.3 Å². The van der Waals surface area contributed by atoms with Gasteiger partial charge in [0.1, 0.15) is 11.4 Å². The molecule has 132 valence electrons. The number of nitrogens with zero attached hydrogens (tertiary/aromatic N) is 3. The number of amides is 1. The fourth-order valence-electron chi connectivity index (χ4n) is 3.88. The molecule has 0 unspecified atom stereocenters. The number of benzene rings is 1. The molecule has 2 aromatic rings. The second-order valence-corrected chi connectivity index (χ2v) is 6.73. The second-order valence-electron chi connectivity index (χ2n) is 6.73. The molecular formula is C19H23N3O3. The molecule has 1 amide bonds. The average Bonchev–Trinajstić information content (AvgIpc) is 3.30. The predicted octanol–water partition coefficient (Wildman–Crippen LogP) is 2.58. The Morgan fingerprint density at radius 1 is 1.32 bits per heavy atom. The maximum absolute atomic E-state index is 13.0. The van der Waals surface area contributed by atoms with E-state index in [0.29, 0.717) is 18.8 Å². The topological polar surface area (TPSA) is 56.6 Å². The molecule has 1 saturated carbocycles. The molecule has 2 atom stereocenters. The maximum atomic E-state index is 13.0. The highest BCUT2D eigenvalue weighted by Crippen LogP contribution is 2.30. The molecule has 0 N–H and O–H groups in total. The van der Waals surface area contributed by atoms with Gasteiger partial charge in [-0.1, -0.05) is 6.07 Å². The van der Waals surface area contributed by atoms with E-state index in [1.807, 2.05) is 36.2 Å². The Balaban J connectivity index is 1.61. The van der Waals surface area contributed by atoms with Crippen molar-refractivity contribution in [2.24, 2.45) is 0 Å². The van der Waals surface area contributed by atoms with Crippen LogP contribution in [0.3, 0.4) is 0 Å². The van der Waals surface area contributed by atoms with Gasteiger partial charge in [-0.15, -0.1) is 0 Å². The molecule has 1 aliphatic heterocycles.